The minimum atomic E-state index is -0.0345. The SMILES string of the molecule is CC(C)NC(=O)N(C)CCN(C1CCOCC1)C1CCN(C(=O)N(C)C)C1. The van der Waals surface area contributed by atoms with Crippen molar-refractivity contribution in [2.75, 3.05) is 60.5 Å². The molecule has 0 aromatic carbocycles. The van der Waals surface area contributed by atoms with E-state index >= 15 is 0 Å². The summed E-state index contributed by atoms with van der Waals surface area (Å²) < 4.78 is 5.54. The van der Waals surface area contributed by atoms with Crippen molar-refractivity contribution in [3.05, 3.63) is 0 Å². The van der Waals surface area contributed by atoms with E-state index in [4.69, 9.17) is 4.74 Å². The Bertz CT molecular complexity index is 494. The van der Waals surface area contributed by atoms with Crippen LogP contribution in [0.15, 0.2) is 0 Å². The first kappa shape index (κ1) is 21.8. The van der Waals surface area contributed by atoms with Gasteiger partial charge in [-0.15, -0.1) is 0 Å². The third-order valence-corrected chi connectivity index (χ3v) is 5.40. The van der Waals surface area contributed by atoms with Crippen LogP contribution in [0, 0.1) is 0 Å². The predicted molar refractivity (Wildman–Crippen MR) is 106 cm³/mol. The molecule has 2 saturated heterocycles. The summed E-state index contributed by atoms with van der Waals surface area (Å²) in [5.41, 5.74) is 0. The predicted octanol–water partition coefficient (Wildman–Crippen LogP) is 1.27. The molecule has 0 aromatic heterocycles. The van der Waals surface area contributed by atoms with Crippen LogP contribution in [0.4, 0.5) is 9.59 Å². The van der Waals surface area contributed by atoms with E-state index in [-0.39, 0.29) is 18.1 Å². The maximum absolute atomic E-state index is 12.3. The number of amides is 4. The highest BCUT2D eigenvalue weighted by atomic mass is 16.5. The van der Waals surface area contributed by atoms with Crippen LogP contribution in [-0.2, 0) is 4.74 Å². The number of carbonyl (C=O) groups is 2. The second-order valence-electron chi connectivity index (χ2n) is 8.17. The summed E-state index contributed by atoms with van der Waals surface area (Å²) in [6.45, 7) is 8.57. The number of likely N-dealkylation sites (tertiary alicyclic amines) is 1. The maximum atomic E-state index is 12.3. The fourth-order valence-electron chi connectivity index (χ4n) is 3.87. The van der Waals surface area contributed by atoms with Gasteiger partial charge < -0.3 is 24.8 Å². The average Bonchev–Trinajstić information content (AvgIpc) is 3.11. The van der Waals surface area contributed by atoms with Gasteiger partial charge in [0.25, 0.3) is 0 Å². The van der Waals surface area contributed by atoms with E-state index in [2.05, 4.69) is 10.2 Å². The summed E-state index contributed by atoms with van der Waals surface area (Å²) in [5.74, 6) is 0. The number of urea groups is 2. The molecule has 1 N–H and O–H groups in total. The zero-order chi connectivity index (χ0) is 20.0. The fraction of sp³-hybridized carbons (Fsp3) is 0.895. The van der Waals surface area contributed by atoms with Crippen molar-refractivity contribution in [3.63, 3.8) is 0 Å². The van der Waals surface area contributed by atoms with Crippen LogP contribution in [0.5, 0.6) is 0 Å². The van der Waals surface area contributed by atoms with E-state index in [1.807, 2.05) is 25.8 Å². The monoisotopic (exact) mass is 383 g/mol. The first-order chi connectivity index (χ1) is 12.8. The van der Waals surface area contributed by atoms with Gasteiger partial charge in [-0.05, 0) is 33.1 Å². The second-order valence-corrected chi connectivity index (χ2v) is 8.17. The number of carbonyl (C=O) groups excluding carboxylic acids is 2. The number of nitrogens with one attached hydrogen (secondary N) is 1. The summed E-state index contributed by atoms with van der Waals surface area (Å²) in [7, 11) is 5.44. The minimum absolute atomic E-state index is 0.0345. The Hall–Kier alpha value is -1.54. The van der Waals surface area contributed by atoms with Crippen LogP contribution < -0.4 is 5.32 Å². The molecule has 27 heavy (non-hydrogen) atoms. The van der Waals surface area contributed by atoms with Crippen molar-refractivity contribution >= 4 is 12.1 Å². The lowest BCUT2D eigenvalue weighted by Crippen LogP contribution is -2.51. The average molecular weight is 384 g/mol. The summed E-state index contributed by atoms with van der Waals surface area (Å²) in [5, 5.41) is 2.94. The van der Waals surface area contributed by atoms with Crippen LogP contribution >= 0.6 is 0 Å². The van der Waals surface area contributed by atoms with Crippen molar-refractivity contribution < 1.29 is 14.3 Å². The molecule has 0 bridgehead atoms. The highest BCUT2D eigenvalue weighted by Crippen LogP contribution is 2.23. The molecule has 2 rings (SSSR count). The zero-order valence-electron chi connectivity index (χ0n) is 17.6. The number of nitrogens with zero attached hydrogens (tertiary/aromatic N) is 4. The van der Waals surface area contributed by atoms with Gasteiger partial charge in [0.05, 0.1) is 0 Å². The van der Waals surface area contributed by atoms with E-state index < -0.39 is 0 Å². The highest BCUT2D eigenvalue weighted by molar-refractivity contribution is 5.74. The number of ether oxygens (including phenoxy) is 1. The number of hydrogen-bond acceptors (Lipinski definition) is 4. The first-order valence-electron chi connectivity index (χ1n) is 10.1. The molecule has 1 unspecified atom stereocenters. The molecule has 2 fully saturated rings. The molecule has 8 heteroatoms. The van der Waals surface area contributed by atoms with Crippen molar-refractivity contribution in [2.45, 2.75) is 51.2 Å². The smallest absolute Gasteiger partial charge is 0.319 e. The Balaban J connectivity index is 1.97. The van der Waals surface area contributed by atoms with E-state index in [0.717, 1.165) is 52.1 Å². The normalized spacial score (nSPS) is 21.0. The lowest BCUT2D eigenvalue weighted by atomic mass is 10.0. The number of hydrogen-bond donors (Lipinski definition) is 1. The largest absolute Gasteiger partial charge is 0.381 e. The van der Waals surface area contributed by atoms with Gasteiger partial charge in [-0.1, -0.05) is 0 Å². The van der Waals surface area contributed by atoms with E-state index in [0.29, 0.717) is 18.6 Å². The summed E-state index contributed by atoms with van der Waals surface area (Å²) in [6, 6.07) is 0.982. The van der Waals surface area contributed by atoms with Crippen LogP contribution in [0.1, 0.15) is 33.1 Å². The Morgan fingerprint density at radius 2 is 1.74 bits per heavy atom. The first-order valence-corrected chi connectivity index (χ1v) is 10.1. The Morgan fingerprint density at radius 3 is 2.33 bits per heavy atom. The number of likely N-dealkylation sites (N-methyl/N-ethyl adjacent to an activating group) is 1. The molecule has 2 heterocycles. The molecule has 0 radical (unpaired) electrons. The van der Waals surface area contributed by atoms with Gasteiger partial charge in [-0.2, -0.15) is 0 Å². The van der Waals surface area contributed by atoms with Crippen molar-refractivity contribution in [1.29, 1.82) is 0 Å². The van der Waals surface area contributed by atoms with Crippen molar-refractivity contribution in [3.8, 4) is 0 Å². The quantitative estimate of drug-likeness (QED) is 0.750. The molecule has 1 atom stereocenters. The molecule has 4 amide bonds. The van der Waals surface area contributed by atoms with Gasteiger partial charge in [0, 0.05) is 78.7 Å². The lowest BCUT2D eigenvalue weighted by Gasteiger charge is -2.39. The highest BCUT2D eigenvalue weighted by Gasteiger charge is 2.35. The van der Waals surface area contributed by atoms with Crippen LogP contribution in [0.2, 0.25) is 0 Å². The van der Waals surface area contributed by atoms with Gasteiger partial charge in [0.2, 0.25) is 0 Å². The molecular formula is C19H37N5O3. The van der Waals surface area contributed by atoms with Crippen molar-refractivity contribution in [2.24, 2.45) is 0 Å². The molecule has 0 aromatic rings. The molecule has 2 aliphatic heterocycles. The van der Waals surface area contributed by atoms with E-state index in [1.165, 1.54) is 0 Å². The summed E-state index contributed by atoms with van der Waals surface area (Å²) in [6.07, 6.45) is 3.01. The molecule has 8 nitrogen and oxygen atoms in total. The Labute approximate surface area is 163 Å². The van der Waals surface area contributed by atoms with Gasteiger partial charge in [0.15, 0.2) is 0 Å². The third-order valence-electron chi connectivity index (χ3n) is 5.40. The Kier molecular flexibility index (Phi) is 8.16. The topological polar surface area (TPSA) is 68.4 Å². The van der Waals surface area contributed by atoms with E-state index in [9.17, 15) is 9.59 Å². The van der Waals surface area contributed by atoms with Gasteiger partial charge >= 0.3 is 12.1 Å². The van der Waals surface area contributed by atoms with Crippen LogP contribution in [0.25, 0.3) is 0 Å². The standard InChI is InChI=1S/C19H37N5O3/c1-15(2)20-18(25)22(5)10-11-24(16-7-12-27-13-8-16)17-6-9-23(14-17)19(26)21(3)4/h15-17H,6-14H2,1-5H3,(H,20,25). The lowest BCUT2D eigenvalue weighted by molar-refractivity contribution is 0.0163. The minimum Gasteiger partial charge on any atom is -0.381 e. The van der Waals surface area contributed by atoms with Gasteiger partial charge in [-0.25, -0.2) is 9.59 Å². The van der Waals surface area contributed by atoms with Gasteiger partial charge in [-0.3, -0.25) is 4.90 Å². The van der Waals surface area contributed by atoms with Gasteiger partial charge in [0.1, 0.15) is 0 Å². The second kappa shape index (κ2) is 10.1. The third kappa shape index (κ3) is 6.24. The Morgan fingerprint density at radius 1 is 1.07 bits per heavy atom. The summed E-state index contributed by atoms with van der Waals surface area (Å²) in [4.78, 5) is 32.4. The zero-order valence-corrected chi connectivity index (χ0v) is 17.6. The summed E-state index contributed by atoms with van der Waals surface area (Å²) >= 11 is 0. The molecule has 0 aliphatic carbocycles. The van der Waals surface area contributed by atoms with Crippen LogP contribution in [-0.4, -0.2) is 110 Å². The van der Waals surface area contributed by atoms with Crippen LogP contribution in [0.3, 0.4) is 0 Å². The molecule has 0 saturated carbocycles. The maximum Gasteiger partial charge on any atom is 0.319 e. The molecule has 2 aliphatic rings. The fourth-order valence-corrected chi connectivity index (χ4v) is 3.87. The molecule has 0 spiro atoms. The molecule has 156 valence electrons. The van der Waals surface area contributed by atoms with E-state index in [1.54, 1.807) is 23.9 Å². The molecular weight excluding hydrogens is 346 g/mol. The van der Waals surface area contributed by atoms with Crippen molar-refractivity contribution in [1.82, 2.24) is 24.9 Å². The number of rotatable bonds is 6.